The van der Waals surface area contributed by atoms with Crippen LogP contribution in [0.15, 0.2) is 24.3 Å². The fourth-order valence-corrected chi connectivity index (χ4v) is 3.69. The molecule has 1 unspecified atom stereocenters. The number of anilines is 1. The quantitative estimate of drug-likeness (QED) is 0.907. The van der Waals surface area contributed by atoms with Crippen molar-refractivity contribution in [2.45, 2.75) is 6.04 Å². The summed E-state index contributed by atoms with van der Waals surface area (Å²) in [6, 6.07) is 7.49. The number of nitrogens with one attached hydrogen (secondary N) is 1. The fourth-order valence-electron chi connectivity index (χ4n) is 2.71. The van der Waals surface area contributed by atoms with Crippen LogP contribution in [0.1, 0.15) is 0 Å². The average Bonchev–Trinajstić information content (AvgIpc) is 2.94. The van der Waals surface area contributed by atoms with Gasteiger partial charge in [0.05, 0.1) is 0 Å². The second kappa shape index (κ2) is 6.11. The van der Waals surface area contributed by atoms with Crippen molar-refractivity contribution in [3.05, 3.63) is 30.1 Å². The van der Waals surface area contributed by atoms with E-state index in [1.54, 1.807) is 12.1 Å². The Bertz CT molecular complexity index is 398. The molecule has 2 heterocycles. The summed E-state index contributed by atoms with van der Waals surface area (Å²) in [4.78, 5) is 4.87. The van der Waals surface area contributed by atoms with Gasteiger partial charge in [0.15, 0.2) is 0 Å². The Kier molecular flexibility index (Phi) is 4.25. The van der Waals surface area contributed by atoms with E-state index in [-0.39, 0.29) is 5.82 Å². The molecule has 3 rings (SSSR count). The molecular weight excluding hydrogens is 261 g/mol. The molecule has 2 aliphatic heterocycles. The third-order valence-electron chi connectivity index (χ3n) is 3.84. The summed E-state index contributed by atoms with van der Waals surface area (Å²) in [6.07, 6.45) is 0. The van der Waals surface area contributed by atoms with Crippen LogP contribution in [-0.4, -0.2) is 55.3 Å². The van der Waals surface area contributed by atoms with E-state index in [0.717, 1.165) is 44.3 Å². The van der Waals surface area contributed by atoms with E-state index in [9.17, 15) is 4.39 Å². The number of hydrogen-bond acceptors (Lipinski definition) is 4. The van der Waals surface area contributed by atoms with Gasteiger partial charge >= 0.3 is 0 Å². The number of benzene rings is 1. The van der Waals surface area contributed by atoms with Gasteiger partial charge in [0, 0.05) is 56.1 Å². The van der Waals surface area contributed by atoms with Crippen molar-refractivity contribution in [1.29, 1.82) is 0 Å². The van der Waals surface area contributed by atoms with Gasteiger partial charge in [-0.2, -0.15) is 0 Å². The highest BCUT2D eigenvalue weighted by molar-refractivity contribution is 7.99. The smallest absolute Gasteiger partial charge is 0.123 e. The molecule has 1 atom stereocenters. The minimum absolute atomic E-state index is 0.160. The maximum Gasteiger partial charge on any atom is 0.123 e. The van der Waals surface area contributed by atoms with E-state index in [2.05, 4.69) is 15.1 Å². The lowest BCUT2D eigenvalue weighted by Crippen LogP contribution is -2.50. The van der Waals surface area contributed by atoms with E-state index in [1.165, 1.54) is 5.75 Å². The summed E-state index contributed by atoms with van der Waals surface area (Å²) in [5, 5.41) is 3.52. The zero-order valence-electron chi connectivity index (χ0n) is 11.0. The molecule has 0 aromatic heterocycles. The summed E-state index contributed by atoms with van der Waals surface area (Å²) in [5.41, 5.74) is 1.13. The van der Waals surface area contributed by atoms with Gasteiger partial charge in [-0.25, -0.2) is 4.39 Å². The zero-order valence-corrected chi connectivity index (χ0v) is 11.8. The molecule has 0 bridgehead atoms. The standard InChI is InChI=1S/C14H20FN3S/c15-12-1-3-14(4-2-12)18-7-5-17(6-8-18)9-13-10-19-11-16-13/h1-4,13,16H,5-11H2. The maximum absolute atomic E-state index is 12.9. The second-order valence-corrected chi connectivity index (χ2v) is 6.21. The molecule has 1 N–H and O–H groups in total. The van der Waals surface area contributed by atoms with Crippen LogP contribution in [-0.2, 0) is 0 Å². The maximum atomic E-state index is 12.9. The van der Waals surface area contributed by atoms with E-state index in [0.29, 0.717) is 6.04 Å². The lowest BCUT2D eigenvalue weighted by Gasteiger charge is -2.37. The van der Waals surface area contributed by atoms with Crippen LogP contribution < -0.4 is 10.2 Å². The Morgan fingerprint density at radius 2 is 1.89 bits per heavy atom. The monoisotopic (exact) mass is 281 g/mol. The molecule has 1 aromatic carbocycles. The molecule has 0 spiro atoms. The van der Waals surface area contributed by atoms with Gasteiger partial charge in [0.25, 0.3) is 0 Å². The van der Waals surface area contributed by atoms with Gasteiger partial charge in [-0.05, 0) is 24.3 Å². The molecule has 104 valence electrons. The van der Waals surface area contributed by atoms with E-state index in [4.69, 9.17) is 0 Å². The molecule has 5 heteroatoms. The van der Waals surface area contributed by atoms with Gasteiger partial charge in [0.1, 0.15) is 5.82 Å². The Morgan fingerprint density at radius 3 is 2.53 bits per heavy atom. The molecule has 3 nitrogen and oxygen atoms in total. The first-order valence-corrected chi connectivity index (χ1v) is 8.01. The van der Waals surface area contributed by atoms with Crippen LogP contribution in [0.25, 0.3) is 0 Å². The van der Waals surface area contributed by atoms with Gasteiger partial charge in [-0.3, -0.25) is 4.90 Å². The molecule has 2 saturated heterocycles. The number of nitrogens with zero attached hydrogens (tertiary/aromatic N) is 2. The Labute approximate surface area is 118 Å². The number of thioether (sulfide) groups is 1. The first kappa shape index (κ1) is 13.2. The largest absolute Gasteiger partial charge is 0.369 e. The highest BCUT2D eigenvalue weighted by Gasteiger charge is 2.22. The zero-order chi connectivity index (χ0) is 13.1. The van der Waals surface area contributed by atoms with Crippen molar-refractivity contribution in [1.82, 2.24) is 10.2 Å². The highest BCUT2D eigenvalue weighted by atomic mass is 32.2. The SMILES string of the molecule is Fc1ccc(N2CCN(CC3CSCN3)CC2)cc1. The van der Waals surface area contributed by atoms with Crippen LogP contribution in [0.2, 0.25) is 0 Å². The van der Waals surface area contributed by atoms with Crippen LogP contribution in [0.3, 0.4) is 0 Å². The fraction of sp³-hybridized carbons (Fsp3) is 0.571. The third-order valence-corrected chi connectivity index (χ3v) is 4.84. The van der Waals surface area contributed by atoms with Crippen LogP contribution >= 0.6 is 11.8 Å². The summed E-state index contributed by atoms with van der Waals surface area (Å²) >= 11 is 1.99. The Morgan fingerprint density at radius 1 is 1.16 bits per heavy atom. The Balaban J connectivity index is 1.50. The molecule has 2 fully saturated rings. The molecule has 0 radical (unpaired) electrons. The van der Waals surface area contributed by atoms with E-state index in [1.807, 2.05) is 23.9 Å². The lowest BCUT2D eigenvalue weighted by atomic mass is 10.2. The van der Waals surface area contributed by atoms with Crippen LogP contribution in [0.4, 0.5) is 10.1 Å². The predicted molar refractivity (Wildman–Crippen MR) is 79.3 cm³/mol. The average molecular weight is 281 g/mol. The number of halogens is 1. The highest BCUT2D eigenvalue weighted by Crippen LogP contribution is 2.18. The molecule has 0 aliphatic carbocycles. The predicted octanol–water partition coefficient (Wildman–Crippen LogP) is 1.61. The van der Waals surface area contributed by atoms with E-state index < -0.39 is 0 Å². The number of hydrogen-bond donors (Lipinski definition) is 1. The first-order valence-electron chi connectivity index (χ1n) is 6.85. The van der Waals surface area contributed by atoms with Crippen molar-refractivity contribution in [2.75, 3.05) is 49.3 Å². The molecule has 19 heavy (non-hydrogen) atoms. The first-order chi connectivity index (χ1) is 9.31. The number of piperazine rings is 1. The van der Waals surface area contributed by atoms with Gasteiger partial charge in [0.2, 0.25) is 0 Å². The minimum atomic E-state index is -0.160. The molecule has 0 amide bonds. The van der Waals surface area contributed by atoms with Crippen LogP contribution in [0, 0.1) is 5.82 Å². The van der Waals surface area contributed by atoms with Crippen molar-refractivity contribution in [2.24, 2.45) is 0 Å². The van der Waals surface area contributed by atoms with E-state index >= 15 is 0 Å². The second-order valence-electron chi connectivity index (χ2n) is 5.18. The normalized spacial score (nSPS) is 24.9. The minimum Gasteiger partial charge on any atom is -0.369 e. The molecular formula is C14H20FN3S. The Hall–Kier alpha value is -0.780. The summed E-state index contributed by atoms with van der Waals surface area (Å²) in [7, 11) is 0. The van der Waals surface area contributed by atoms with Crippen molar-refractivity contribution >= 4 is 17.4 Å². The van der Waals surface area contributed by atoms with Crippen LogP contribution in [0.5, 0.6) is 0 Å². The summed E-state index contributed by atoms with van der Waals surface area (Å²) in [6.45, 7) is 5.42. The van der Waals surface area contributed by atoms with Gasteiger partial charge in [-0.1, -0.05) is 0 Å². The summed E-state index contributed by atoms with van der Waals surface area (Å²) in [5.74, 6) is 2.17. The number of rotatable bonds is 3. The molecule has 0 saturated carbocycles. The van der Waals surface area contributed by atoms with Crippen molar-refractivity contribution in [3.63, 3.8) is 0 Å². The topological polar surface area (TPSA) is 18.5 Å². The van der Waals surface area contributed by atoms with Gasteiger partial charge in [-0.15, -0.1) is 11.8 Å². The lowest BCUT2D eigenvalue weighted by molar-refractivity contribution is 0.240. The van der Waals surface area contributed by atoms with Crippen molar-refractivity contribution in [3.8, 4) is 0 Å². The van der Waals surface area contributed by atoms with Crippen molar-refractivity contribution < 1.29 is 4.39 Å². The summed E-state index contributed by atoms with van der Waals surface area (Å²) < 4.78 is 12.9. The molecule has 1 aromatic rings. The van der Waals surface area contributed by atoms with Gasteiger partial charge < -0.3 is 10.2 Å². The molecule has 2 aliphatic rings. The third kappa shape index (κ3) is 3.41.